The first-order chi connectivity index (χ1) is 15.4. The van der Waals surface area contributed by atoms with E-state index in [4.69, 9.17) is 4.74 Å². The highest BCUT2D eigenvalue weighted by molar-refractivity contribution is 5.65. The molecule has 0 bridgehead atoms. The molecule has 8 heteroatoms. The maximum absolute atomic E-state index is 15.5. The summed E-state index contributed by atoms with van der Waals surface area (Å²) in [6, 6.07) is 5.17. The van der Waals surface area contributed by atoms with Gasteiger partial charge in [0.25, 0.3) is 5.88 Å². The van der Waals surface area contributed by atoms with Crippen LogP contribution in [0.15, 0.2) is 43.1 Å². The van der Waals surface area contributed by atoms with Crippen molar-refractivity contribution < 1.29 is 14.2 Å². The summed E-state index contributed by atoms with van der Waals surface area (Å²) in [5, 5.41) is 18.7. The molecule has 0 radical (unpaired) electrons. The summed E-state index contributed by atoms with van der Waals surface area (Å²) in [7, 11) is 0. The van der Waals surface area contributed by atoms with Gasteiger partial charge in [0.05, 0.1) is 23.8 Å². The van der Waals surface area contributed by atoms with E-state index in [0.29, 0.717) is 17.9 Å². The van der Waals surface area contributed by atoms with Gasteiger partial charge in [0.2, 0.25) is 0 Å². The average Bonchev–Trinajstić information content (AvgIpc) is 3.29. The summed E-state index contributed by atoms with van der Waals surface area (Å²) < 4.78 is 23.2. The maximum Gasteiger partial charge on any atom is 0.252 e. The molecule has 32 heavy (non-hydrogen) atoms. The minimum Gasteiger partial charge on any atom is -0.507 e. The second-order valence-corrected chi connectivity index (χ2v) is 9.14. The van der Waals surface area contributed by atoms with Crippen molar-refractivity contribution in [2.45, 2.75) is 65.2 Å². The van der Waals surface area contributed by atoms with Crippen molar-refractivity contribution in [2.24, 2.45) is 11.3 Å². The van der Waals surface area contributed by atoms with Gasteiger partial charge >= 0.3 is 0 Å². The molecular weight excluding hydrogens is 409 g/mol. The molecule has 0 saturated heterocycles. The van der Waals surface area contributed by atoms with Crippen LogP contribution < -0.4 is 4.74 Å². The molecule has 1 unspecified atom stereocenters. The van der Waals surface area contributed by atoms with Crippen LogP contribution in [0.1, 0.15) is 52.9 Å². The summed E-state index contributed by atoms with van der Waals surface area (Å²) in [5.74, 6) is 0.959. The molecule has 1 aliphatic rings. The quantitative estimate of drug-likeness (QED) is 0.535. The Morgan fingerprint density at radius 2 is 2.12 bits per heavy atom. The minimum absolute atomic E-state index is 0.0311. The molecule has 3 aromatic rings. The number of hydrogen-bond acceptors (Lipinski definition) is 6. The Morgan fingerprint density at radius 3 is 2.78 bits per heavy atom. The Balaban J connectivity index is 1.50. The number of halogens is 1. The molecule has 2 heterocycles. The monoisotopic (exact) mass is 439 g/mol. The molecule has 0 amide bonds. The summed E-state index contributed by atoms with van der Waals surface area (Å²) >= 11 is 0. The molecule has 4 rings (SSSR count). The fourth-order valence-corrected chi connectivity index (χ4v) is 4.86. The van der Waals surface area contributed by atoms with Crippen LogP contribution >= 0.6 is 0 Å². The van der Waals surface area contributed by atoms with Gasteiger partial charge in [-0.1, -0.05) is 27.2 Å². The molecule has 1 fully saturated rings. The zero-order valence-electron chi connectivity index (χ0n) is 18.8. The largest absolute Gasteiger partial charge is 0.507 e. The summed E-state index contributed by atoms with van der Waals surface area (Å²) in [4.78, 5) is 8.31. The number of phenols is 1. The fraction of sp³-hybridized carbons (Fsp3) is 0.500. The molecule has 7 nitrogen and oxygen atoms in total. The zero-order chi connectivity index (χ0) is 22.7. The van der Waals surface area contributed by atoms with Gasteiger partial charge in [-0.2, -0.15) is 0 Å². The minimum atomic E-state index is -1.08. The van der Waals surface area contributed by atoms with Crippen molar-refractivity contribution in [3.63, 3.8) is 0 Å². The van der Waals surface area contributed by atoms with Crippen molar-refractivity contribution in [2.75, 3.05) is 0 Å². The van der Waals surface area contributed by atoms with Gasteiger partial charge in [-0.05, 0) is 43.7 Å². The highest BCUT2D eigenvalue weighted by Crippen LogP contribution is 2.43. The first-order valence-corrected chi connectivity index (χ1v) is 11.2. The van der Waals surface area contributed by atoms with Gasteiger partial charge in [0, 0.05) is 23.9 Å². The van der Waals surface area contributed by atoms with E-state index in [9.17, 15) is 5.11 Å². The van der Waals surface area contributed by atoms with Gasteiger partial charge in [-0.3, -0.25) is 0 Å². The lowest BCUT2D eigenvalue weighted by molar-refractivity contribution is 0.00516. The van der Waals surface area contributed by atoms with Crippen LogP contribution in [0.4, 0.5) is 4.39 Å². The van der Waals surface area contributed by atoms with Crippen molar-refractivity contribution in [1.82, 2.24) is 24.7 Å². The first-order valence-electron chi connectivity index (χ1n) is 11.2. The number of hydrogen-bond donors (Lipinski definition) is 1. The fourth-order valence-electron chi connectivity index (χ4n) is 4.86. The second-order valence-electron chi connectivity index (χ2n) is 9.14. The van der Waals surface area contributed by atoms with E-state index in [1.165, 1.54) is 6.20 Å². The van der Waals surface area contributed by atoms with Gasteiger partial charge < -0.3 is 14.4 Å². The van der Waals surface area contributed by atoms with E-state index >= 15 is 4.39 Å². The number of imidazole rings is 1. The smallest absolute Gasteiger partial charge is 0.252 e. The number of ether oxygens (including phenoxy) is 1. The molecule has 4 atom stereocenters. The molecular formula is C24H30FN5O2. The third-order valence-electron chi connectivity index (χ3n) is 6.41. The number of aromatic nitrogens is 5. The van der Waals surface area contributed by atoms with E-state index < -0.39 is 17.7 Å². The summed E-state index contributed by atoms with van der Waals surface area (Å²) in [5.41, 5.74) is 0.817. The van der Waals surface area contributed by atoms with Crippen molar-refractivity contribution in [1.29, 1.82) is 0 Å². The Bertz CT molecular complexity index is 1030. The third kappa shape index (κ3) is 4.59. The predicted molar refractivity (Wildman–Crippen MR) is 119 cm³/mol. The Morgan fingerprint density at radius 1 is 1.28 bits per heavy atom. The molecule has 1 aromatic carbocycles. The first kappa shape index (κ1) is 22.2. The Kier molecular flexibility index (Phi) is 6.39. The number of nitrogens with zero attached hydrogens (tertiary/aromatic N) is 5. The number of alkyl halides is 1. The standard InChI is InChI=1S/C24H30FN5O2/c1-4-9-24(3)13-16(2)5-8-20(22(24)25)32-21-14-27-23(29-28-21)18-7-6-17(12-19(18)31)30-11-10-26-15-30/h6-7,10-12,14-16,20,22,31H,4-5,8-9,13H2,1-3H3/t16?,20-,22+,24+/m0/s1. The normalized spacial score (nSPS) is 25.9. The maximum atomic E-state index is 15.5. The van der Waals surface area contributed by atoms with E-state index in [1.807, 2.05) is 13.0 Å². The lowest BCUT2D eigenvalue weighted by Crippen LogP contribution is -2.40. The van der Waals surface area contributed by atoms with Crippen LogP contribution in [0.5, 0.6) is 11.6 Å². The number of aromatic hydroxyl groups is 1. The molecule has 2 aromatic heterocycles. The SMILES string of the molecule is CCC[C@]1(C)CC(C)CC[C@H](Oc2cnc(-c3ccc(-n4ccnc4)cc3O)nn2)[C@H]1F. The van der Waals surface area contributed by atoms with Crippen molar-refractivity contribution in [3.8, 4) is 28.7 Å². The zero-order valence-corrected chi connectivity index (χ0v) is 18.8. The highest BCUT2D eigenvalue weighted by atomic mass is 19.1. The lowest BCUT2D eigenvalue weighted by atomic mass is 9.74. The number of phenolic OH excluding ortho intramolecular Hbond substituents is 1. The number of rotatable bonds is 6. The van der Waals surface area contributed by atoms with Crippen LogP contribution in [0.2, 0.25) is 0 Å². The van der Waals surface area contributed by atoms with E-state index in [0.717, 1.165) is 31.4 Å². The van der Waals surface area contributed by atoms with Crippen LogP contribution in [-0.2, 0) is 0 Å². The van der Waals surface area contributed by atoms with Gasteiger partial charge in [0.1, 0.15) is 18.0 Å². The van der Waals surface area contributed by atoms with Crippen LogP contribution in [0.25, 0.3) is 17.1 Å². The molecule has 1 N–H and O–H groups in total. The molecule has 1 aliphatic carbocycles. The molecule has 1 saturated carbocycles. The third-order valence-corrected chi connectivity index (χ3v) is 6.41. The Labute approximate surface area is 187 Å². The summed E-state index contributed by atoms with van der Waals surface area (Å²) in [6.45, 7) is 6.31. The van der Waals surface area contributed by atoms with Gasteiger partial charge in [-0.25, -0.2) is 14.4 Å². The van der Waals surface area contributed by atoms with Gasteiger partial charge in [-0.15, -0.1) is 10.2 Å². The van der Waals surface area contributed by atoms with Crippen LogP contribution in [-0.4, -0.2) is 42.1 Å². The van der Waals surface area contributed by atoms with Crippen LogP contribution in [0.3, 0.4) is 0 Å². The van der Waals surface area contributed by atoms with Gasteiger partial charge in [0.15, 0.2) is 5.82 Å². The Hall–Kier alpha value is -3.03. The predicted octanol–water partition coefficient (Wildman–Crippen LogP) is 5.14. The molecule has 0 aliphatic heterocycles. The average molecular weight is 440 g/mol. The second kappa shape index (κ2) is 9.22. The van der Waals surface area contributed by atoms with Crippen molar-refractivity contribution >= 4 is 0 Å². The van der Waals surface area contributed by atoms with Crippen molar-refractivity contribution in [3.05, 3.63) is 43.1 Å². The number of benzene rings is 1. The molecule has 0 spiro atoms. The topological polar surface area (TPSA) is 86.0 Å². The van der Waals surface area contributed by atoms with E-state index in [1.54, 1.807) is 35.4 Å². The highest BCUT2D eigenvalue weighted by Gasteiger charge is 2.43. The molecule has 170 valence electrons. The van der Waals surface area contributed by atoms with E-state index in [-0.39, 0.29) is 17.5 Å². The lowest BCUT2D eigenvalue weighted by Gasteiger charge is -2.35. The van der Waals surface area contributed by atoms with Crippen LogP contribution in [0, 0.1) is 11.3 Å². The summed E-state index contributed by atoms with van der Waals surface area (Å²) in [6.07, 6.45) is 9.09. The van der Waals surface area contributed by atoms with E-state index in [2.05, 4.69) is 34.0 Å².